The van der Waals surface area contributed by atoms with Gasteiger partial charge in [0.05, 0.1) is 17.8 Å². The fourth-order valence-corrected chi connectivity index (χ4v) is 1.69. The zero-order valence-corrected chi connectivity index (χ0v) is 10.4. The summed E-state index contributed by atoms with van der Waals surface area (Å²) < 4.78 is 13.5. The molecule has 0 aliphatic rings. The van der Waals surface area contributed by atoms with Crippen LogP contribution in [0.4, 0.5) is 10.1 Å². The number of rotatable bonds is 4. The standard InChI is InChI=1S/C14H13FN2O2/c1-9-3-2-4-11(17-9)8-16-10-5-6-12(14(18)19)13(15)7-10/h2-7,16H,8H2,1H3,(H,18,19). The predicted molar refractivity (Wildman–Crippen MR) is 69.7 cm³/mol. The molecule has 1 aromatic carbocycles. The fraction of sp³-hybridized carbons (Fsp3) is 0.143. The molecule has 2 aromatic rings. The maximum atomic E-state index is 13.5. The summed E-state index contributed by atoms with van der Waals surface area (Å²) in [4.78, 5) is 15.0. The maximum absolute atomic E-state index is 13.5. The number of pyridine rings is 1. The lowest BCUT2D eigenvalue weighted by atomic mass is 10.2. The summed E-state index contributed by atoms with van der Waals surface area (Å²) >= 11 is 0. The molecule has 98 valence electrons. The van der Waals surface area contributed by atoms with E-state index in [2.05, 4.69) is 10.3 Å². The van der Waals surface area contributed by atoms with E-state index in [1.165, 1.54) is 18.2 Å². The van der Waals surface area contributed by atoms with Gasteiger partial charge in [0, 0.05) is 11.4 Å². The number of aromatic nitrogens is 1. The van der Waals surface area contributed by atoms with E-state index in [9.17, 15) is 9.18 Å². The average molecular weight is 260 g/mol. The third-order valence-electron chi connectivity index (χ3n) is 2.62. The van der Waals surface area contributed by atoms with Crippen molar-refractivity contribution < 1.29 is 14.3 Å². The van der Waals surface area contributed by atoms with Gasteiger partial charge in [0.15, 0.2) is 0 Å². The third kappa shape index (κ3) is 3.28. The van der Waals surface area contributed by atoms with Crippen LogP contribution in [-0.4, -0.2) is 16.1 Å². The highest BCUT2D eigenvalue weighted by Crippen LogP contribution is 2.15. The monoisotopic (exact) mass is 260 g/mol. The number of carboxylic acids is 1. The van der Waals surface area contributed by atoms with Gasteiger partial charge in [-0.1, -0.05) is 6.07 Å². The van der Waals surface area contributed by atoms with Gasteiger partial charge in [0.1, 0.15) is 5.82 Å². The van der Waals surface area contributed by atoms with Crippen LogP contribution in [0.15, 0.2) is 36.4 Å². The summed E-state index contributed by atoms with van der Waals surface area (Å²) in [5, 5.41) is 11.7. The molecule has 0 amide bonds. The van der Waals surface area contributed by atoms with Crippen molar-refractivity contribution in [2.45, 2.75) is 13.5 Å². The molecule has 2 N–H and O–H groups in total. The minimum Gasteiger partial charge on any atom is -0.478 e. The van der Waals surface area contributed by atoms with Crippen molar-refractivity contribution in [1.29, 1.82) is 0 Å². The Balaban J connectivity index is 2.08. The Kier molecular flexibility index (Phi) is 3.75. The van der Waals surface area contributed by atoms with E-state index >= 15 is 0 Å². The first kappa shape index (κ1) is 13.0. The molecule has 19 heavy (non-hydrogen) atoms. The minimum atomic E-state index is -1.27. The molecule has 0 saturated carbocycles. The molecule has 1 heterocycles. The fourth-order valence-electron chi connectivity index (χ4n) is 1.69. The van der Waals surface area contributed by atoms with E-state index in [1.807, 2.05) is 25.1 Å². The predicted octanol–water partition coefficient (Wildman–Crippen LogP) is 2.84. The summed E-state index contributed by atoms with van der Waals surface area (Å²) in [6, 6.07) is 9.59. The summed E-state index contributed by atoms with van der Waals surface area (Å²) in [5.74, 6) is -2.03. The van der Waals surface area contributed by atoms with Crippen molar-refractivity contribution in [3.05, 3.63) is 59.2 Å². The number of carboxylic acid groups (broad SMARTS) is 1. The van der Waals surface area contributed by atoms with E-state index in [1.54, 1.807) is 0 Å². The molecule has 0 atom stereocenters. The second kappa shape index (κ2) is 5.48. The lowest BCUT2D eigenvalue weighted by molar-refractivity contribution is 0.0692. The van der Waals surface area contributed by atoms with Crippen molar-refractivity contribution in [3.8, 4) is 0 Å². The number of aryl methyl sites for hydroxylation is 1. The molecule has 1 aromatic heterocycles. The van der Waals surface area contributed by atoms with Gasteiger partial charge < -0.3 is 10.4 Å². The normalized spacial score (nSPS) is 10.2. The number of halogens is 1. The van der Waals surface area contributed by atoms with E-state index in [0.29, 0.717) is 12.2 Å². The van der Waals surface area contributed by atoms with Crippen LogP contribution >= 0.6 is 0 Å². The lowest BCUT2D eigenvalue weighted by Gasteiger charge is -2.07. The largest absolute Gasteiger partial charge is 0.478 e. The zero-order chi connectivity index (χ0) is 13.8. The van der Waals surface area contributed by atoms with Gasteiger partial charge in [0.25, 0.3) is 0 Å². The van der Waals surface area contributed by atoms with Crippen LogP contribution in [0, 0.1) is 12.7 Å². The number of carbonyl (C=O) groups is 1. The average Bonchev–Trinajstić information content (AvgIpc) is 2.36. The molecule has 0 unspecified atom stereocenters. The first-order valence-corrected chi connectivity index (χ1v) is 5.75. The highest BCUT2D eigenvalue weighted by atomic mass is 19.1. The first-order chi connectivity index (χ1) is 9.06. The van der Waals surface area contributed by atoms with Crippen LogP contribution in [0.1, 0.15) is 21.7 Å². The number of benzene rings is 1. The molecular formula is C14H13FN2O2. The van der Waals surface area contributed by atoms with Gasteiger partial charge in [0.2, 0.25) is 0 Å². The molecule has 0 bridgehead atoms. The second-order valence-corrected chi connectivity index (χ2v) is 4.12. The maximum Gasteiger partial charge on any atom is 0.338 e. The van der Waals surface area contributed by atoms with Crippen LogP contribution in [-0.2, 0) is 6.54 Å². The van der Waals surface area contributed by atoms with Gasteiger partial charge in [-0.2, -0.15) is 0 Å². The van der Waals surface area contributed by atoms with Gasteiger partial charge in [-0.05, 0) is 37.3 Å². The van der Waals surface area contributed by atoms with E-state index in [-0.39, 0.29) is 5.56 Å². The molecule has 0 radical (unpaired) electrons. The number of hydrogen-bond acceptors (Lipinski definition) is 3. The number of hydrogen-bond donors (Lipinski definition) is 2. The summed E-state index contributed by atoms with van der Waals surface area (Å²) in [7, 11) is 0. The third-order valence-corrected chi connectivity index (χ3v) is 2.62. The lowest BCUT2D eigenvalue weighted by Crippen LogP contribution is -2.05. The summed E-state index contributed by atoms with van der Waals surface area (Å²) in [6.45, 7) is 2.35. The second-order valence-electron chi connectivity index (χ2n) is 4.12. The van der Waals surface area contributed by atoms with Crippen LogP contribution in [0.5, 0.6) is 0 Å². The highest BCUT2D eigenvalue weighted by molar-refractivity contribution is 5.88. The quantitative estimate of drug-likeness (QED) is 0.887. The van der Waals surface area contributed by atoms with Crippen LogP contribution in [0.25, 0.3) is 0 Å². The SMILES string of the molecule is Cc1cccc(CNc2ccc(C(=O)O)c(F)c2)n1. The highest BCUT2D eigenvalue weighted by Gasteiger charge is 2.10. The van der Waals surface area contributed by atoms with Gasteiger partial charge in [-0.15, -0.1) is 0 Å². The Labute approximate surface area is 109 Å². The first-order valence-electron chi connectivity index (χ1n) is 5.75. The molecule has 0 fully saturated rings. The number of anilines is 1. The molecule has 2 rings (SSSR count). The Hall–Kier alpha value is -2.43. The molecular weight excluding hydrogens is 247 g/mol. The Morgan fingerprint density at radius 1 is 1.37 bits per heavy atom. The van der Waals surface area contributed by atoms with Crippen molar-refractivity contribution in [1.82, 2.24) is 4.98 Å². The molecule has 0 aliphatic heterocycles. The van der Waals surface area contributed by atoms with Crippen molar-refractivity contribution >= 4 is 11.7 Å². The molecule has 4 nitrogen and oxygen atoms in total. The van der Waals surface area contributed by atoms with Crippen LogP contribution < -0.4 is 5.32 Å². The zero-order valence-electron chi connectivity index (χ0n) is 10.4. The smallest absolute Gasteiger partial charge is 0.338 e. The van der Waals surface area contributed by atoms with E-state index in [4.69, 9.17) is 5.11 Å². The van der Waals surface area contributed by atoms with Gasteiger partial charge >= 0.3 is 5.97 Å². The van der Waals surface area contributed by atoms with Gasteiger partial charge in [-0.3, -0.25) is 4.98 Å². The van der Waals surface area contributed by atoms with Crippen molar-refractivity contribution in [2.75, 3.05) is 5.32 Å². The van der Waals surface area contributed by atoms with Crippen LogP contribution in [0.3, 0.4) is 0 Å². The number of aromatic carboxylic acids is 1. The minimum absolute atomic E-state index is 0.334. The molecule has 0 saturated heterocycles. The molecule has 5 heteroatoms. The summed E-state index contributed by atoms with van der Waals surface area (Å²) in [5.41, 5.74) is 1.93. The van der Waals surface area contributed by atoms with Crippen LogP contribution in [0.2, 0.25) is 0 Å². The Morgan fingerprint density at radius 2 is 2.16 bits per heavy atom. The molecule has 0 spiro atoms. The van der Waals surface area contributed by atoms with Crippen molar-refractivity contribution in [3.63, 3.8) is 0 Å². The Bertz CT molecular complexity index is 614. The van der Waals surface area contributed by atoms with Gasteiger partial charge in [-0.25, -0.2) is 9.18 Å². The topological polar surface area (TPSA) is 62.2 Å². The van der Waals surface area contributed by atoms with E-state index in [0.717, 1.165) is 11.4 Å². The van der Waals surface area contributed by atoms with Crippen molar-refractivity contribution in [2.24, 2.45) is 0 Å². The summed E-state index contributed by atoms with van der Waals surface area (Å²) in [6.07, 6.45) is 0. The number of nitrogens with zero attached hydrogens (tertiary/aromatic N) is 1. The Morgan fingerprint density at radius 3 is 2.79 bits per heavy atom. The molecule has 0 aliphatic carbocycles. The van der Waals surface area contributed by atoms with E-state index < -0.39 is 11.8 Å². The number of nitrogens with one attached hydrogen (secondary N) is 1.